The topological polar surface area (TPSA) is 32.3 Å². The molecule has 2 aliphatic rings. The van der Waals surface area contributed by atoms with Gasteiger partial charge in [0, 0.05) is 18.7 Å². The molecule has 0 aromatic heterocycles. The van der Waals surface area contributed by atoms with Crippen molar-refractivity contribution >= 4 is 24.0 Å². The number of fused-ring (bicyclic) bond motifs is 1. The lowest BCUT2D eigenvalue weighted by Crippen LogP contribution is -2.39. The van der Waals surface area contributed by atoms with E-state index < -0.39 is 0 Å². The molecule has 1 fully saturated rings. The van der Waals surface area contributed by atoms with E-state index in [2.05, 4.69) is 37.4 Å². The van der Waals surface area contributed by atoms with Crippen molar-refractivity contribution in [3.63, 3.8) is 0 Å². The first kappa shape index (κ1) is 18.3. The molecule has 0 radical (unpaired) electrons. The van der Waals surface area contributed by atoms with Crippen molar-refractivity contribution in [3.05, 3.63) is 29.3 Å². The van der Waals surface area contributed by atoms with Crippen LogP contribution in [0, 0.1) is 18.8 Å². The van der Waals surface area contributed by atoms with Crippen LogP contribution in [0.15, 0.2) is 18.2 Å². The molecule has 1 amide bonds. The summed E-state index contributed by atoms with van der Waals surface area (Å²) in [6.07, 6.45) is 5.37. The summed E-state index contributed by atoms with van der Waals surface area (Å²) >= 11 is 0. The Morgan fingerprint density at radius 1 is 1.39 bits per heavy atom. The summed E-state index contributed by atoms with van der Waals surface area (Å²) in [5, 5.41) is 3.47. The standard InChI is InChI=1S/C19H28N2O.ClH/c1-14-7-8-18-16(11-14)6-4-10-21(18)19(22)12-15(2)17-5-3-9-20-13-17;/h7-8,11,15,17,20H,3-6,9-10,12-13H2,1-2H3;1H. The number of piperidine rings is 1. The van der Waals surface area contributed by atoms with Crippen LogP contribution in [0.1, 0.15) is 43.7 Å². The maximum Gasteiger partial charge on any atom is 0.227 e. The number of amides is 1. The van der Waals surface area contributed by atoms with Crippen LogP contribution in [0.4, 0.5) is 5.69 Å². The SMILES string of the molecule is Cc1ccc2c(c1)CCCN2C(=O)CC(C)C1CCCNC1.Cl. The fourth-order valence-electron chi connectivity index (χ4n) is 3.90. The normalized spacial score (nSPS) is 22.0. The highest BCUT2D eigenvalue weighted by molar-refractivity contribution is 5.94. The molecule has 0 saturated carbocycles. The average molecular weight is 337 g/mol. The molecule has 1 aromatic rings. The van der Waals surface area contributed by atoms with E-state index in [0.29, 0.717) is 24.2 Å². The van der Waals surface area contributed by atoms with E-state index in [1.807, 2.05) is 4.90 Å². The van der Waals surface area contributed by atoms with Crippen molar-refractivity contribution in [2.75, 3.05) is 24.5 Å². The van der Waals surface area contributed by atoms with Crippen molar-refractivity contribution in [1.29, 1.82) is 0 Å². The summed E-state index contributed by atoms with van der Waals surface area (Å²) in [6.45, 7) is 7.46. The molecule has 0 spiro atoms. The Labute approximate surface area is 146 Å². The van der Waals surface area contributed by atoms with E-state index in [1.165, 1.54) is 24.0 Å². The van der Waals surface area contributed by atoms with E-state index >= 15 is 0 Å². The Balaban J connectivity index is 0.00000192. The summed E-state index contributed by atoms with van der Waals surface area (Å²) < 4.78 is 0. The Kier molecular flexibility index (Phi) is 6.49. The minimum absolute atomic E-state index is 0. The van der Waals surface area contributed by atoms with Crippen molar-refractivity contribution in [3.8, 4) is 0 Å². The quantitative estimate of drug-likeness (QED) is 0.912. The van der Waals surface area contributed by atoms with Crippen LogP contribution in [0.2, 0.25) is 0 Å². The van der Waals surface area contributed by atoms with Crippen LogP contribution in [-0.2, 0) is 11.2 Å². The number of benzene rings is 1. The molecule has 0 aliphatic carbocycles. The molecule has 1 N–H and O–H groups in total. The van der Waals surface area contributed by atoms with Gasteiger partial charge in [0.15, 0.2) is 0 Å². The van der Waals surface area contributed by atoms with E-state index in [0.717, 1.165) is 38.2 Å². The highest BCUT2D eigenvalue weighted by Gasteiger charge is 2.27. The number of hydrogen-bond donors (Lipinski definition) is 1. The molecule has 128 valence electrons. The van der Waals surface area contributed by atoms with Crippen LogP contribution in [0.25, 0.3) is 0 Å². The summed E-state index contributed by atoms with van der Waals surface area (Å²) in [7, 11) is 0. The molecule has 3 nitrogen and oxygen atoms in total. The molecule has 2 unspecified atom stereocenters. The van der Waals surface area contributed by atoms with Gasteiger partial charge in [0.25, 0.3) is 0 Å². The number of anilines is 1. The second kappa shape index (κ2) is 8.16. The van der Waals surface area contributed by atoms with E-state index in [9.17, 15) is 4.79 Å². The van der Waals surface area contributed by atoms with Gasteiger partial charge in [-0.05, 0) is 69.2 Å². The number of hydrogen-bond acceptors (Lipinski definition) is 2. The van der Waals surface area contributed by atoms with Gasteiger partial charge in [-0.3, -0.25) is 4.79 Å². The number of aryl methyl sites for hydroxylation is 2. The minimum atomic E-state index is 0. The highest BCUT2D eigenvalue weighted by atomic mass is 35.5. The Hall–Kier alpha value is -1.06. The van der Waals surface area contributed by atoms with Crippen LogP contribution in [0.5, 0.6) is 0 Å². The predicted octanol–water partition coefficient (Wildman–Crippen LogP) is 3.72. The zero-order chi connectivity index (χ0) is 15.5. The zero-order valence-electron chi connectivity index (χ0n) is 14.3. The molecule has 1 saturated heterocycles. The smallest absolute Gasteiger partial charge is 0.227 e. The average Bonchev–Trinajstić information content (AvgIpc) is 2.54. The second-order valence-electron chi connectivity index (χ2n) is 7.07. The van der Waals surface area contributed by atoms with Gasteiger partial charge in [-0.1, -0.05) is 24.6 Å². The first-order valence-electron chi connectivity index (χ1n) is 8.76. The third-order valence-electron chi connectivity index (χ3n) is 5.29. The van der Waals surface area contributed by atoms with E-state index in [4.69, 9.17) is 0 Å². The highest BCUT2D eigenvalue weighted by Crippen LogP contribution is 2.30. The Morgan fingerprint density at radius 2 is 2.22 bits per heavy atom. The third kappa shape index (κ3) is 4.27. The van der Waals surface area contributed by atoms with Crippen molar-refractivity contribution in [1.82, 2.24) is 5.32 Å². The van der Waals surface area contributed by atoms with Gasteiger partial charge in [0.05, 0.1) is 0 Å². The monoisotopic (exact) mass is 336 g/mol. The molecule has 2 heterocycles. The minimum Gasteiger partial charge on any atom is -0.316 e. The van der Waals surface area contributed by atoms with Gasteiger partial charge in [0.2, 0.25) is 5.91 Å². The zero-order valence-corrected chi connectivity index (χ0v) is 15.1. The number of nitrogens with one attached hydrogen (secondary N) is 1. The number of rotatable bonds is 3. The lowest BCUT2D eigenvalue weighted by Gasteiger charge is -2.33. The number of nitrogens with zero attached hydrogens (tertiary/aromatic N) is 1. The van der Waals surface area contributed by atoms with Crippen LogP contribution >= 0.6 is 12.4 Å². The lowest BCUT2D eigenvalue weighted by atomic mass is 9.85. The summed E-state index contributed by atoms with van der Waals surface area (Å²) in [6, 6.07) is 6.50. The summed E-state index contributed by atoms with van der Waals surface area (Å²) in [5.41, 5.74) is 3.78. The van der Waals surface area contributed by atoms with Gasteiger partial charge in [-0.15, -0.1) is 12.4 Å². The van der Waals surface area contributed by atoms with Crippen molar-refractivity contribution < 1.29 is 4.79 Å². The largest absolute Gasteiger partial charge is 0.316 e. The first-order chi connectivity index (χ1) is 10.6. The van der Waals surface area contributed by atoms with Gasteiger partial charge in [-0.25, -0.2) is 0 Å². The molecule has 1 aromatic carbocycles. The molecule has 4 heteroatoms. The molecule has 2 atom stereocenters. The van der Waals surface area contributed by atoms with E-state index in [-0.39, 0.29) is 12.4 Å². The molecule has 0 bridgehead atoms. The molecule has 23 heavy (non-hydrogen) atoms. The predicted molar refractivity (Wildman–Crippen MR) is 98.5 cm³/mol. The van der Waals surface area contributed by atoms with Crippen LogP contribution < -0.4 is 10.2 Å². The van der Waals surface area contributed by atoms with Gasteiger partial charge < -0.3 is 10.2 Å². The number of halogens is 1. The first-order valence-corrected chi connectivity index (χ1v) is 8.76. The van der Waals surface area contributed by atoms with Crippen LogP contribution in [-0.4, -0.2) is 25.5 Å². The van der Waals surface area contributed by atoms with E-state index in [1.54, 1.807) is 0 Å². The van der Waals surface area contributed by atoms with Crippen molar-refractivity contribution in [2.24, 2.45) is 11.8 Å². The molecular formula is C19H29ClN2O. The van der Waals surface area contributed by atoms with Gasteiger partial charge in [-0.2, -0.15) is 0 Å². The number of carbonyl (C=O) groups is 1. The fourth-order valence-corrected chi connectivity index (χ4v) is 3.90. The Morgan fingerprint density at radius 3 is 2.96 bits per heavy atom. The van der Waals surface area contributed by atoms with Crippen LogP contribution in [0.3, 0.4) is 0 Å². The maximum absolute atomic E-state index is 12.8. The molecule has 2 aliphatic heterocycles. The lowest BCUT2D eigenvalue weighted by molar-refractivity contribution is -0.119. The second-order valence-corrected chi connectivity index (χ2v) is 7.07. The fraction of sp³-hybridized carbons (Fsp3) is 0.632. The third-order valence-corrected chi connectivity index (χ3v) is 5.29. The molecular weight excluding hydrogens is 308 g/mol. The molecule has 3 rings (SSSR count). The summed E-state index contributed by atoms with van der Waals surface area (Å²) in [5.74, 6) is 1.43. The van der Waals surface area contributed by atoms with Gasteiger partial charge >= 0.3 is 0 Å². The summed E-state index contributed by atoms with van der Waals surface area (Å²) in [4.78, 5) is 14.8. The van der Waals surface area contributed by atoms with Gasteiger partial charge in [0.1, 0.15) is 0 Å². The number of carbonyl (C=O) groups excluding carboxylic acids is 1. The Bertz CT molecular complexity index is 540. The maximum atomic E-state index is 12.8. The van der Waals surface area contributed by atoms with Crippen molar-refractivity contribution in [2.45, 2.75) is 46.0 Å².